The number of Topliss-reactive ketones (excluding diaryl/α,β-unsaturated/α-hetero) is 1. The van der Waals surface area contributed by atoms with Crippen molar-refractivity contribution in [2.24, 2.45) is 10.3 Å². The second-order valence-electron chi connectivity index (χ2n) is 6.37. The monoisotopic (exact) mass is 377 g/mol. The number of rotatable bonds is 5. The van der Waals surface area contributed by atoms with Gasteiger partial charge in [0, 0.05) is 29.9 Å². The maximum atomic E-state index is 12.6. The van der Waals surface area contributed by atoms with E-state index in [2.05, 4.69) is 9.35 Å². The van der Waals surface area contributed by atoms with Crippen molar-refractivity contribution in [1.82, 2.24) is 9.38 Å². The topological polar surface area (TPSA) is 63.8 Å². The third-order valence-electron chi connectivity index (χ3n) is 3.72. The zero-order valence-electron chi connectivity index (χ0n) is 14.2. The molecule has 26 heavy (non-hydrogen) atoms. The first-order valence-electron chi connectivity index (χ1n) is 8.00. The smallest absolute Gasteiger partial charge is 0.306 e. The predicted molar refractivity (Wildman–Crippen MR) is 96.9 cm³/mol. The van der Waals surface area contributed by atoms with Crippen LogP contribution in [0, 0.1) is 5.92 Å². The number of ketones is 1. The number of halogens is 2. The van der Waals surface area contributed by atoms with Gasteiger partial charge in [0.2, 0.25) is 0 Å². The van der Waals surface area contributed by atoms with Gasteiger partial charge < -0.3 is 4.40 Å². The molecule has 0 aliphatic carbocycles. The first kappa shape index (κ1) is 18.2. The van der Waals surface area contributed by atoms with Crippen molar-refractivity contribution in [2.45, 2.75) is 20.3 Å². The number of pyridine rings is 1. The Labute approximate surface area is 150 Å². The lowest BCUT2D eigenvalue weighted by Crippen LogP contribution is -2.04. The summed E-state index contributed by atoms with van der Waals surface area (Å²) in [7, 11) is -5.21. The number of hydrogen-bond donors (Lipinski definition) is 0. The van der Waals surface area contributed by atoms with E-state index in [4.69, 9.17) is 0 Å². The summed E-state index contributed by atoms with van der Waals surface area (Å²) in [5.41, 5.74) is 2.24. The van der Waals surface area contributed by atoms with Gasteiger partial charge in [-0.05, 0) is 30.2 Å². The van der Waals surface area contributed by atoms with Crippen molar-refractivity contribution in [3.05, 3.63) is 54.4 Å². The highest BCUT2D eigenvalue weighted by molar-refractivity contribution is 7.83. The van der Waals surface area contributed by atoms with Crippen molar-refractivity contribution in [3.8, 4) is 11.3 Å². The van der Waals surface area contributed by atoms with Crippen molar-refractivity contribution >= 4 is 27.6 Å². The van der Waals surface area contributed by atoms with Gasteiger partial charge in [0.05, 0.1) is 11.4 Å². The summed E-state index contributed by atoms with van der Waals surface area (Å²) in [6.07, 6.45) is 3.88. The number of imidazole rings is 1. The second-order valence-corrected chi connectivity index (χ2v) is 7.35. The molecule has 0 aliphatic rings. The summed E-state index contributed by atoms with van der Waals surface area (Å²) in [4.78, 5) is 16.6. The Kier molecular flexibility index (Phi) is 4.86. The summed E-state index contributed by atoms with van der Waals surface area (Å²) >= 11 is 0. The van der Waals surface area contributed by atoms with Crippen molar-refractivity contribution in [1.29, 1.82) is 0 Å². The number of carbonyl (C=O) groups is 1. The summed E-state index contributed by atoms with van der Waals surface area (Å²) < 4.78 is 40.5. The molecule has 3 aromatic rings. The standard InChI is InChI=1S/C18H17F2N3O2S/c1-12(2)8-17(24)14-6-7-18-21-16(11-23(18)10-14)13-4-3-5-15(9-13)22-26(19,20)25/h3-7,9-12H,8H2,1-2H3. The highest BCUT2D eigenvalue weighted by atomic mass is 32.3. The van der Waals surface area contributed by atoms with Crippen LogP contribution in [0.1, 0.15) is 30.6 Å². The lowest BCUT2D eigenvalue weighted by molar-refractivity contribution is 0.0967. The van der Waals surface area contributed by atoms with Crippen LogP contribution in [0.15, 0.2) is 53.2 Å². The average molecular weight is 377 g/mol. The fourth-order valence-electron chi connectivity index (χ4n) is 2.63. The zero-order valence-corrected chi connectivity index (χ0v) is 15.0. The Morgan fingerprint density at radius 1 is 1.23 bits per heavy atom. The van der Waals surface area contributed by atoms with E-state index in [1.807, 2.05) is 13.8 Å². The molecule has 0 saturated carbocycles. The molecule has 0 N–H and O–H groups in total. The van der Waals surface area contributed by atoms with Crippen LogP contribution >= 0.6 is 0 Å². The van der Waals surface area contributed by atoms with Gasteiger partial charge in [-0.25, -0.2) is 4.98 Å². The van der Waals surface area contributed by atoms with Crippen LogP contribution in [0.4, 0.5) is 13.5 Å². The Morgan fingerprint density at radius 3 is 2.69 bits per heavy atom. The minimum atomic E-state index is -5.21. The van der Waals surface area contributed by atoms with E-state index in [1.165, 1.54) is 12.1 Å². The van der Waals surface area contributed by atoms with Gasteiger partial charge in [0.1, 0.15) is 5.65 Å². The third kappa shape index (κ3) is 4.32. The van der Waals surface area contributed by atoms with Gasteiger partial charge in [-0.1, -0.05) is 33.8 Å². The van der Waals surface area contributed by atoms with Gasteiger partial charge in [0.25, 0.3) is 0 Å². The molecule has 0 saturated heterocycles. The van der Waals surface area contributed by atoms with Crippen LogP contribution in [0.25, 0.3) is 16.9 Å². The average Bonchev–Trinajstić information content (AvgIpc) is 2.96. The van der Waals surface area contributed by atoms with Crippen LogP contribution in [0.5, 0.6) is 0 Å². The minimum absolute atomic E-state index is 0.0543. The summed E-state index contributed by atoms with van der Waals surface area (Å²) in [5, 5.41) is 0. The molecule has 2 heterocycles. The highest BCUT2D eigenvalue weighted by Gasteiger charge is 2.11. The summed E-state index contributed by atoms with van der Waals surface area (Å²) in [5.74, 6) is 0.322. The maximum absolute atomic E-state index is 12.6. The van der Waals surface area contributed by atoms with Gasteiger partial charge in [-0.2, -0.15) is 4.21 Å². The number of aromatic nitrogens is 2. The zero-order chi connectivity index (χ0) is 18.9. The number of carbonyl (C=O) groups excluding carboxylic acids is 1. The summed E-state index contributed by atoms with van der Waals surface area (Å²) in [6, 6.07) is 9.45. The van der Waals surface area contributed by atoms with E-state index in [9.17, 15) is 16.8 Å². The molecule has 0 fully saturated rings. The quantitative estimate of drug-likeness (QED) is 0.459. The molecular formula is C18H17F2N3O2S. The molecule has 0 aliphatic heterocycles. The molecule has 0 bridgehead atoms. The SMILES string of the molecule is CC(C)CC(=O)c1ccc2nc(-c3cccc(N=S(=O)(F)F)c3)cn2c1. The molecular weight excluding hydrogens is 360 g/mol. The highest BCUT2D eigenvalue weighted by Crippen LogP contribution is 2.26. The first-order valence-corrected chi connectivity index (χ1v) is 9.31. The van der Waals surface area contributed by atoms with E-state index >= 15 is 0 Å². The van der Waals surface area contributed by atoms with E-state index in [-0.39, 0.29) is 17.4 Å². The van der Waals surface area contributed by atoms with Crippen LogP contribution in [0.2, 0.25) is 0 Å². The molecule has 0 atom stereocenters. The third-order valence-corrected chi connectivity index (χ3v) is 4.14. The van der Waals surface area contributed by atoms with E-state index in [0.717, 1.165) is 0 Å². The van der Waals surface area contributed by atoms with E-state index < -0.39 is 10.5 Å². The molecule has 5 nitrogen and oxygen atoms in total. The molecule has 2 aromatic heterocycles. The van der Waals surface area contributed by atoms with Crippen LogP contribution in [-0.2, 0) is 10.5 Å². The molecule has 0 unspecified atom stereocenters. The molecule has 0 spiro atoms. The Balaban J connectivity index is 1.98. The molecule has 136 valence electrons. The summed E-state index contributed by atoms with van der Waals surface area (Å²) in [6.45, 7) is 3.97. The number of nitrogens with zero attached hydrogens (tertiary/aromatic N) is 3. The first-order chi connectivity index (χ1) is 12.2. The number of fused-ring (bicyclic) bond motifs is 1. The maximum Gasteiger partial charge on any atom is 0.371 e. The minimum Gasteiger partial charge on any atom is -0.306 e. The van der Waals surface area contributed by atoms with Crippen molar-refractivity contribution in [3.63, 3.8) is 0 Å². The Morgan fingerprint density at radius 2 is 2.00 bits per heavy atom. The van der Waals surface area contributed by atoms with Crippen LogP contribution < -0.4 is 0 Å². The second kappa shape index (κ2) is 6.95. The van der Waals surface area contributed by atoms with Crippen LogP contribution in [0.3, 0.4) is 0 Å². The lowest BCUT2D eigenvalue weighted by atomic mass is 10.0. The van der Waals surface area contributed by atoms with E-state index in [0.29, 0.717) is 28.9 Å². The van der Waals surface area contributed by atoms with Gasteiger partial charge >= 0.3 is 10.5 Å². The largest absolute Gasteiger partial charge is 0.371 e. The molecule has 1 aromatic carbocycles. The number of benzene rings is 1. The lowest BCUT2D eigenvalue weighted by Gasteiger charge is -2.04. The Hall–Kier alpha value is -2.61. The molecule has 8 heteroatoms. The predicted octanol–water partition coefficient (Wildman–Crippen LogP) is 5.10. The fourth-order valence-corrected chi connectivity index (χ4v) is 2.99. The van der Waals surface area contributed by atoms with Gasteiger partial charge in [-0.15, -0.1) is 4.36 Å². The van der Waals surface area contributed by atoms with E-state index in [1.54, 1.807) is 41.1 Å². The molecule has 0 amide bonds. The van der Waals surface area contributed by atoms with Gasteiger partial charge in [0.15, 0.2) is 5.78 Å². The van der Waals surface area contributed by atoms with Crippen molar-refractivity contribution < 1.29 is 16.8 Å². The normalized spacial score (nSPS) is 11.9. The molecule has 3 rings (SSSR count). The molecule has 0 radical (unpaired) electrons. The van der Waals surface area contributed by atoms with Crippen molar-refractivity contribution in [2.75, 3.05) is 0 Å². The Bertz CT molecular complexity index is 1090. The number of hydrogen-bond acceptors (Lipinski definition) is 4. The fraction of sp³-hybridized carbons (Fsp3) is 0.222. The van der Waals surface area contributed by atoms with Gasteiger partial charge in [-0.3, -0.25) is 4.79 Å². The van der Waals surface area contributed by atoms with Crippen LogP contribution in [-0.4, -0.2) is 19.4 Å².